The fourth-order valence-corrected chi connectivity index (χ4v) is 5.59. The molecule has 0 radical (unpaired) electrons. The predicted octanol–water partition coefficient (Wildman–Crippen LogP) is 4.20. The molecule has 3 heterocycles. The summed E-state index contributed by atoms with van der Waals surface area (Å²) in [5, 5.41) is 0. The number of anilines is 1. The van der Waals surface area contributed by atoms with Crippen molar-refractivity contribution in [3.8, 4) is 0 Å². The van der Waals surface area contributed by atoms with Crippen molar-refractivity contribution in [2.24, 2.45) is 5.41 Å². The number of likely N-dealkylation sites (tertiary alicyclic amines) is 1. The third-order valence-electron chi connectivity index (χ3n) is 7.40. The minimum atomic E-state index is -4.47. The fourth-order valence-electron chi connectivity index (χ4n) is 5.59. The van der Waals surface area contributed by atoms with Crippen molar-refractivity contribution in [1.82, 2.24) is 19.8 Å². The monoisotopic (exact) mass is 489 g/mol. The average molecular weight is 490 g/mol. The Morgan fingerprint density at radius 2 is 1.71 bits per heavy atom. The van der Waals surface area contributed by atoms with Crippen molar-refractivity contribution in [3.05, 3.63) is 53.9 Å². The van der Waals surface area contributed by atoms with E-state index in [2.05, 4.69) is 39.1 Å². The van der Waals surface area contributed by atoms with Gasteiger partial charge in [0, 0.05) is 62.6 Å². The van der Waals surface area contributed by atoms with E-state index in [4.69, 9.17) is 4.74 Å². The topological polar surface area (TPSA) is 61.8 Å². The molecule has 2 atom stereocenters. The van der Waals surface area contributed by atoms with Crippen molar-refractivity contribution in [2.75, 3.05) is 31.1 Å². The highest BCUT2D eigenvalue weighted by molar-refractivity contribution is 5.69. The number of alkyl halides is 3. The first-order valence-electron chi connectivity index (χ1n) is 12.0. The van der Waals surface area contributed by atoms with E-state index >= 15 is 0 Å². The van der Waals surface area contributed by atoms with Gasteiger partial charge in [0.1, 0.15) is 6.10 Å². The van der Waals surface area contributed by atoms with Crippen LogP contribution in [-0.4, -0.2) is 70.2 Å². The predicted molar refractivity (Wildman–Crippen MR) is 124 cm³/mol. The number of carbonyl (C=O) groups excluding carboxylic acids is 1. The first-order chi connectivity index (χ1) is 16.6. The molecule has 188 valence electrons. The Labute approximate surface area is 202 Å². The van der Waals surface area contributed by atoms with Crippen LogP contribution in [-0.2, 0) is 17.5 Å². The lowest BCUT2D eigenvalue weighted by Crippen LogP contribution is -2.64. The van der Waals surface area contributed by atoms with Gasteiger partial charge in [-0.3, -0.25) is 4.90 Å². The number of rotatable bonds is 4. The van der Waals surface area contributed by atoms with E-state index in [-0.39, 0.29) is 35.6 Å². The Kier molecular flexibility index (Phi) is 6.11. The molecule has 2 aromatic rings. The summed E-state index contributed by atoms with van der Waals surface area (Å²) >= 11 is 0. The van der Waals surface area contributed by atoms with Gasteiger partial charge in [0.25, 0.3) is 0 Å². The van der Waals surface area contributed by atoms with Gasteiger partial charge in [-0.1, -0.05) is 30.3 Å². The summed E-state index contributed by atoms with van der Waals surface area (Å²) in [6, 6.07) is 10.1. The quantitative estimate of drug-likeness (QED) is 0.642. The zero-order valence-corrected chi connectivity index (χ0v) is 19.9. The van der Waals surface area contributed by atoms with Crippen molar-refractivity contribution < 1.29 is 22.7 Å². The van der Waals surface area contributed by atoms with Gasteiger partial charge in [-0.05, 0) is 32.3 Å². The van der Waals surface area contributed by atoms with Gasteiger partial charge >= 0.3 is 12.3 Å². The summed E-state index contributed by atoms with van der Waals surface area (Å²) in [6.07, 6.45) is -1.46. The highest BCUT2D eigenvalue weighted by atomic mass is 19.4. The summed E-state index contributed by atoms with van der Waals surface area (Å²) in [4.78, 5) is 26.7. The van der Waals surface area contributed by atoms with Crippen molar-refractivity contribution in [2.45, 2.75) is 57.6 Å². The second kappa shape index (κ2) is 8.96. The van der Waals surface area contributed by atoms with Gasteiger partial charge in [0.15, 0.2) is 0 Å². The van der Waals surface area contributed by atoms with Crippen LogP contribution in [0.1, 0.15) is 37.8 Å². The lowest BCUT2D eigenvalue weighted by atomic mass is 9.61. The first-order valence-corrected chi connectivity index (χ1v) is 12.0. The van der Waals surface area contributed by atoms with Gasteiger partial charge in [-0.2, -0.15) is 13.2 Å². The van der Waals surface area contributed by atoms with Crippen molar-refractivity contribution in [1.29, 1.82) is 0 Å². The third-order valence-corrected chi connectivity index (χ3v) is 7.40. The maximum atomic E-state index is 12.9. The van der Waals surface area contributed by atoms with Gasteiger partial charge < -0.3 is 14.5 Å². The first kappa shape index (κ1) is 23.8. The van der Waals surface area contributed by atoms with Crippen LogP contribution in [0, 0.1) is 5.41 Å². The molecule has 0 N–H and O–H groups in total. The van der Waals surface area contributed by atoms with Crippen molar-refractivity contribution >= 4 is 12.0 Å². The smallest absolute Gasteiger partial charge is 0.419 e. The molecule has 1 aromatic carbocycles. The zero-order valence-electron chi connectivity index (χ0n) is 19.9. The molecular formula is C25H30F3N5O2. The van der Waals surface area contributed by atoms with Crippen LogP contribution in [0.3, 0.4) is 0 Å². The molecule has 7 nitrogen and oxygen atoms in total. The van der Waals surface area contributed by atoms with E-state index in [1.807, 2.05) is 24.8 Å². The van der Waals surface area contributed by atoms with E-state index in [0.29, 0.717) is 13.1 Å². The molecule has 2 aliphatic heterocycles. The largest absolute Gasteiger partial charge is 0.446 e. The number of aromatic nitrogens is 2. The van der Waals surface area contributed by atoms with Gasteiger partial charge in [0.2, 0.25) is 5.95 Å². The maximum Gasteiger partial charge on any atom is 0.419 e. The van der Waals surface area contributed by atoms with Crippen LogP contribution < -0.4 is 4.90 Å². The summed E-state index contributed by atoms with van der Waals surface area (Å²) in [7, 11) is 0. The summed E-state index contributed by atoms with van der Waals surface area (Å²) < 4.78 is 44.2. The van der Waals surface area contributed by atoms with E-state index in [0.717, 1.165) is 44.9 Å². The van der Waals surface area contributed by atoms with E-state index in [1.54, 1.807) is 4.90 Å². The molecule has 0 bridgehead atoms. The SMILES string of the molecule is C[C@@H]1CN(c2ncc(C(F)(F)F)cn2)[C@H](C)CN1C(=O)OC1CC2(C1)CN(Cc1ccccc1)C2. The molecule has 3 aliphatic rings. The standard InChI is InChI=1S/C25H30F3N5O2/c1-17-13-33(18(2)12-32(17)22-29-10-20(11-30-22)25(26,27)28)23(34)35-21-8-24(9-21)15-31(16-24)14-19-6-4-3-5-7-19/h3-7,10-11,17-18,21H,8-9,12-16H2,1-2H3/t17-,18-/m1/s1. The number of halogens is 3. The Balaban J connectivity index is 1.09. The summed E-state index contributed by atoms with van der Waals surface area (Å²) in [5.74, 6) is 0.233. The van der Waals surface area contributed by atoms with E-state index < -0.39 is 11.7 Å². The number of hydrogen-bond acceptors (Lipinski definition) is 6. The molecule has 1 spiro atoms. The number of benzene rings is 1. The van der Waals surface area contributed by atoms with Crippen molar-refractivity contribution in [3.63, 3.8) is 0 Å². The molecule has 1 amide bonds. The number of carbonyl (C=O) groups is 1. The van der Waals surface area contributed by atoms with Crippen LogP contribution >= 0.6 is 0 Å². The minimum absolute atomic E-state index is 0.0554. The Morgan fingerprint density at radius 1 is 1.06 bits per heavy atom. The highest BCUT2D eigenvalue weighted by Gasteiger charge is 2.54. The molecule has 2 saturated heterocycles. The lowest BCUT2D eigenvalue weighted by molar-refractivity contribution is -0.138. The van der Waals surface area contributed by atoms with Gasteiger partial charge in [-0.25, -0.2) is 14.8 Å². The number of nitrogens with zero attached hydrogens (tertiary/aromatic N) is 5. The van der Waals surface area contributed by atoms with Crippen LogP contribution in [0.5, 0.6) is 0 Å². The Hall–Kier alpha value is -2.88. The van der Waals surface area contributed by atoms with Gasteiger partial charge in [0.05, 0.1) is 5.56 Å². The van der Waals surface area contributed by atoms with Crippen LogP contribution in [0.4, 0.5) is 23.9 Å². The van der Waals surface area contributed by atoms with Crippen LogP contribution in [0.2, 0.25) is 0 Å². The second-order valence-electron chi connectivity index (χ2n) is 10.3. The minimum Gasteiger partial charge on any atom is -0.446 e. The molecule has 0 unspecified atom stereocenters. The molecular weight excluding hydrogens is 459 g/mol. The lowest BCUT2D eigenvalue weighted by Gasteiger charge is -2.58. The van der Waals surface area contributed by atoms with Gasteiger partial charge in [-0.15, -0.1) is 0 Å². The maximum absolute atomic E-state index is 12.9. The Bertz CT molecular complexity index is 1040. The van der Waals surface area contributed by atoms with Crippen LogP contribution in [0.25, 0.3) is 0 Å². The van der Waals surface area contributed by atoms with E-state index in [9.17, 15) is 18.0 Å². The number of amides is 1. The molecule has 1 aromatic heterocycles. The molecule has 1 saturated carbocycles. The second-order valence-corrected chi connectivity index (χ2v) is 10.3. The third kappa shape index (κ3) is 4.94. The fraction of sp³-hybridized carbons (Fsp3) is 0.560. The molecule has 10 heteroatoms. The normalized spacial score (nSPS) is 24.7. The Morgan fingerprint density at radius 3 is 2.34 bits per heavy atom. The molecule has 3 fully saturated rings. The summed E-state index contributed by atoms with van der Waals surface area (Å²) in [6.45, 7) is 7.65. The number of piperazine rings is 1. The molecule has 1 aliphatic carbocycles. The number of ether oxygens (including phenoxy) is 1. The zero-order chi connectivity index (χ0) is 24.8. The van der Waals surface area contributed by atoms with Crippen LogP contribution in [0.15, 0.2) is 42.7 Å². The van der Waals surface area contributed by atoms with E-state index in [1.165, 1.54) is 5.56 Å². The molecule has 35 heavy (non-hydrogen) atoms. The molecule has 5 rings (SSSR count). The highest BCUT2D eigenvalue weighted by Crippen LogP contribution is 2.50. The number of hydrogen-bond donors (Lipinski definition) is 0. The average Bonchev–Trinajstić information content (AvgIpc) is 2.77. The summed E-state index contributed by atoms with van der Waals surface area (Å²) in [5.41, 5.74) is 0.711.